The number of aryl methyl sites for hydroxylation is 1. The number of hydrogen-bond donors (Lipinski definition) is 4. The second kappa shape index (κ2) is 9.71. The Hall–Kier alpha value is -2.50. The highest BCUT2D eigenvalue weighted by Crippen LogP contribution is 2.19. The number of amides is 1. The van der Waals surface area contributed by atoms with Crippen molar-refractivity contribution in [3.05, 3.63) is 35.5 Å². The lowest BCUT2D eigenvalue weighted by Gasteiger charge is -2.11. The van der Waals surface area contributed by atoms with Crippen molar-refractivity contribution in [2.75, 3.05) is 26.2 Å². The Morgan fingerprint density at radius 2 is 2.00 bits per heavy atom. The molecule has 0 radical (unpaired) electrons. The van der Waals surface area contributed by atoms with Crippen LogP contribution < -0.4 is 16.0 Å². The van der Waals surface area contributed by atoms with Crippen LogP contribution in [0.25, 0.3) is 10.9 Å². The number of aromatic nitrogens is 1. The lowest BCUT2D eigenvalue weighted by atomic mass is 10.1. The largest absolute Gasteiger partial charge is 0.361 e. The topological polar surface area (TPSA) is 81.3 Å². The Bertz CT molecular complexity index is 720. The summed E-state index contributed by atoms with van der Waals surface area (Å²) in [6.45, 7) is 8.48. The molecule has 0 aliphatic heterocycles. The summed E-state index contributed by atoms with van der Waals surface area (Å²) in [6.07, 6.45) is 3.88. The first-order chi connectivity index (χ1) is 12.1. The molecule has 0 unspecified atom stereocenters. The number of carbonyl (C=O) groups is 1. The van der Waals surface area contributed by atoms with Gasteiger partial charge in [0.25, 0.3) is 0 Å². The Labute approximate surface area is 149 Å². The first-order valence-corrected chi connectivity index (χ1v) is 8.99. The van der Waals surface area contributed by atoms with E-state index in [1.54, 1.807) is 0 Å². The van der Waals surface area contributed by atoms with Crippen LogP contribution in [0.15, 0.2) is 29.4 Å². The standard InChI is InChI=1S/C19H29N5O/c1-4-9-21-18(25)13-24-19(20-5-2)22-10-8-15-12-23-17-11-14(3)6-7-16(15)17/h6-7,11-12,23H,4-5,8-10,13H2,1-3H3,(H,21,25)(H2,20,22,24). The summed E-state index contributed by atoms with van der Waals surface area (Å²) < 4.78 is 0. The number of hydrogen-bond acceptors (Lipinski definition) is 2. The Morgan fingerprint density at radius 3 is 2.76 bits per heavy atom. The summed E-state index contributed by atoms with van der Waals surface area (Å²) in [5.41, 5.74) is 3.70. The normalized spacial score (nSPS) is 11.6. The molecule has 0 aliphatic rings. The zero-order chi connectivity index (χ0) is 18.1. The molecule has 25 heavy (non-hydrogen) atoms. The smallest absolute Gasteiger partial charge is 0.241 e. The van der Waals surface area contributed by atoms with Crippen LogP contribution in [-0.4, -0.2) is 43.0 Å². The fourth-order valence-corrected chi connectivity index (χ4v) is 2.64. The van der Waals surface area contributed by atoms with Gasteiger partial charge in [0.05, 0.1) is 0 Å². The van der Waals surface area contributed by atoms with Gasteiger partial charge in [-0.15, -0.1) is 0 Å². The minimum Gasteiger partial charge on any atom is -0.361 e. The molecule has 0 fully saturated rings. The average Bonchev–Trinajstić information content (AvgIpc) is 2.99. The van der Waals surface area contributed by atoms with Gasteiger partial charge in [-0.2, -0.15) is 0 Å². The third kappa shape index (κ3) is 5.81. The molecular formula is C19H29N5O. The molecule has 1 amide bonds. The van der Waals surface area contributed by atoms with E-state index in [2.05, 4.69) is 57.2 Å². The van der Waals surface area contributed by atoms with Crippen LogP contribution in [0.5, 0.6) is 0 Å². The molecule has 0 spiro atoms. The number of nitrogens with one attached hydrogen (secondary N) is 4. The number of carbonyl (C=O) groups excluding carboxylic acids is 1. The third-order valence-electron chi connectivity index (χ3n) is 3.91. The Balaban J connectivity index is 1.88. The number of H-pyrrole nitrogens is 1. The van der Waals surface area contributed by atoms with Gasteiger partial charge in [-0.1, -0.05) is 19.1 Å². The Morgan fingerprint density at radius 1 is 1.16 bits per heavy atom. The summed E-state index contributed by atoms with van der Waals surface area (Å²) in [6, 6.07) is 6.45. The molecule has 1 aromatic heterocycles. The van der Waals surface area contributed by atoms with E-state index in [4.69, 9.17) is 0 Å². The van der Waals surface area contributed by atoms with Crippen molar-refractivity contribution in [2.45, 2.75) is 33.6 Å². The first-order valence-electron chi connectivity index (χ1n) is 8.99. The number of aliphatic imine (C=N–C) groups is 1. The molecule has 2 rings (SSSR count). The van der Waals surface area contributed by atoms with E-state index in [0.29, 0.717) is 12.5 Å². The number of rotatable bonds is 8. The number of aromatic amines is 1. The maximum atomic E-state index is 11.7. The monoisotopic (exact) mass is 343 g/mol. The summed E-state index contributed by atoms with van der Waals surface area (Å²) in [5, 5.41) is 10.5. The van der Waals surface area contributed by atoms with Gasteiger partial charge >= 0.3 is 0 Å². The van der Waals surface area contributed by atoms with Crippen LogP contribution in [0.4, 0.5) is 0 Å². The van der Waals surface area contributed by atoms with Crippen molar-refractivity contribution in [1.82, 2.24) is 20.9 Å². The van der Waals surface area contributed by atoms with Crippen LogP contribution in [0.2, 0.25) is 0 Å². The van der Waals surface area contributed by atoms with Crippen molar-refractivity contribution in [2.24, 2.45) is 4.99 Å². The lowest BCUT2D eigenvalue weighted by Crippen LogP contribution is -2.39. The van der Waals surface area contributed by atoms with Gasteiger partial charge in [0.1, 0.15) is 6.54 Å². The molecule has 136 valence electrons. The van der Waals surface area contributed by atoms with E-state index in [1.807, 2.05) is 13.8 Å². The second-order valence-corrected chi connectivity index (χ2v) is 6.08. The molecule has 0 saturated carbocycles. The highest BCUT2D eigenvalue weighted by atomic mass is 16.1. The van der Waals surface area contributed by atoms with Crippen molar-refractivity contribution >= 4 is 22.8 Å². The number of benzene rings is 1. The third-order valence-corrected chi connectivity index (χ3v) is 3.91. The van der Waals surface area contributed by atoms with Crippen LogP contribution in [0.3, 0.4) is 0 Å². The molecule has 2 aromatic rings. The predicted octanol–water partition coefficient (Wildman–Crippen LogP) is 2.10. The van der Waals surface area contributed by atoms with Gasteiger partial charge in [-0.25, -0.2) is 4.99 Å². The van der Waals surface area contributed by atoms with Gasteiger partial charge in [-0.3, -0.25) is 4.79 Å². The first kappa shape index (κ1) is 18.8. The summed E-state index contributed by atoms with van der Waals surface area (Å²) in [7, 11) is 0. The van der Waals surface area contributed by atoms with Gasteiger partial charge < -0.3 is 20.9 Å². The fourth-order valence-electron chi connectivity index (χ4n) is 2.64. The van der Waals surface area contributed by atoms with Crippen molar-refractivity contribution in [3.8, 4) is 0 Å². The summed E-state index contributed by atoms with van der Waals surface area (Å²) in [4.78, 5) is 19.3. The maximum absolute atomic E-state index is 11.7. The van der Waals surface area contributed by atoms with Gasteiger partial charge in [0.15, 0.2) is 5.96 Å². The molecule has 6 nitrogen and oxygen atoms in total. The molecule has 0 bridgehead atoms. The summed E-state index contributed by atoms with van der Waals surface area (Å²) in [5.74, 6) is 0.621. The Kier molecular flexibility index (Phi) is 7.32. The fraction of sp³-hybridized carbons (Fsp3) is 0.474. The number of guanidine groups is 1. The average molecular weight is 343 g/mol. The molecule has 0 saturated heterocycles. The second-order valence-electron chi connectivity index (χ2n) is 6.08. The molecule has 1 aromatic carbocycles. The highest BCUT2D eigenvalue weighted by Gasteiger charge is 2.05. The minimum atomic E-state index is -0.0500. The van der Waals surface area contributed by atoms with E-state index in [9.17, 15) is 4.79 Å². The molecule has 6 heteroatoms. The molecule has 1 heterocycles. The van der Waals surface area contributed by atoms with Crippen LogP contribution >= 0.6 is 0 Å². The highest BCUT2D eigenvalue weighted by molar-refractivity contribution is 5.85. The van der Waals surface area contributed by atoms with E-state index >= 15 is 0 Å². The lowest BCUT2D eigenvalue weighted by molar-refractivity contribution is -0.119. The maximum Gasteiger partial charge on any atom is 0.241 e. The predicted molar refractivity (Wildman–Crippen MR) is 104 cm³/mol. The zero-order valence-corrected chi connectivity index (χ0v) is 15.4. The van der Waals surface area contributed by atoms with Crippen molar-refractivity contribution in [1.29, 1.82) is 0 Å². The van der Waals surface area contributed by atoms with Crippen LogP contribution in [0.1, 0.15) is 31.4 Å². The van der Waals surface area contributed by atoms with Crippen molar-refractivity contribution < 1.29 is 4.79 Å². The summed E-state index contributed by atoms with van der Waals surface area (Å²) >= 11 is 0. The van der Waals surface area contributed by atoms with Gasteiger partial charge in [0.2, 0.25) is 5.91 Å². The molecule has 0 aliphatic carbocycles. The van der Waals surface area contributed by atoms with E-state index in [1.165, 1.54) is 22.0 Å². The van der Waals surface area contributed by atoms with Crippen LogP contribution in [0, 0.1) is 6.92 Å². The minimum absolute atomic E-state index is 0.0500. The van der Waals surface area contributed by atoms with Gasteiger partial charge in [0, 0.05) is 36.7 Å². The SMILES string of the molecule is CCCNC(=O)CN=C(NCC)NCCc1c[nH]c2cc(C)ccc12. The van der Waals surface area contributed by atoms with E-state index < -0.39 is 0 Å². The molecular weight excluding hydrogens is 314 g/mol. The van der Waals surface area contributed by atoms with E-state index in [0.717, 1.165) is 25.9 Å². The number of nitrogens with zero attached hydrogens (tertiary/aromatic N) is 1. The van der Waals surface area contributed by atoms with Gasteiger partial charge in [-0.05, 0) is 43.9 Å². The molecule has 4 N–H and O–H groups in total. The zero-order valence-electron chi connectivity index (χ0n) is 15.4. The quantitative estimate of drug-likeness (QED) is 0.438. The number of fused-ring (bicyclic) bond motifs is 1. The molecule has 0 atom stereocenters. The van der Waals surface area contributed by atoms with E-state index in [-0.39, 0.29) is 12.5 Å². The van der Waals surface area contributed by atoms with Crippen molar-refractivity contribution in [3.63, 3.8) is 0 Å². The van der Waals surface area contributed by atoms with Crippen LogP contribution in [-0.2, 0) is 11.2 Å².